The Balaban J connectivity index is 2.38. The zero-order valence-corrected chi connectivity index (χ0v) is 10.1. The molecule has 2 aromatic rings. The number of ether oxygens (including phenoxy) is 2. The van der Waals surface area contributed by atoms with Crippen LogP contribution in [0, 0.1) is 0 Å². The maximum atomic E-state index is 10.1. The molecular formula is C10H11N3O3S. The van der Waals surface area contributed by atoms with Crippen molar-refractivity contribution in [1.29, 1.82) is 0 Å². The third-order valence-corrected chi connectivity index (χ3v) is 2.96. The average molecular weight is 253 g/mol. The highest BCUT2D eigenvalue weighted by atomic mass is 32.1. The summed E-state index contributed by atoms with van der Waals surface area (Å²) in [5.41, 5.74) is 1.99. The van der Waals surface area contributed by atoms with Crippen LogP contribution in [0.5, 0.6) is 11.8 Å². The first-order valence-electron chi connectivity index (χ1n) is 4.77. The van der Waals surface area contributed by atoms with Crippen LogP contribution < -0.4 is 9.47 Å². The van der Waals surface area contributed by atoms with Crippen LogP contribution in [0.25, 0.3) is 0 Å². The molecule has 0 aliphatic heterocycles. The Bertz CT molecular complexity index is 490. The van der Waals surface area contributed by atoms with E-state index in [0.29, 0.717) is 16.5 Å². The second-order valence-electron chi connectivity index (χ2n) is 3.11. The molecule has 17 heavy (non-hydrogen) atoms. The molecule has 7 heteroatoms. The second kappa shape index (κ2) is 5.07. The number of rotatable bonds is 4. The molecule has 1 atom stereocenters. The van der Waals surface area contributed by atoms with Crippen molar-refractivity contribution >= 4 is 11.3 Å². The van der Waals surface area contributed by atoms with Gasteiger partial charge in [-0.3, -0.25) is 4.98 Å². The van der Waals surface area contributed by atoms with Gasteiger partial charge in [0.15, 0.2) is 0 Å². The minimum absolute atomic E-state index is 0.241. The Morgan fingerprint density at radius 1 is 1.29 bits per heavy atom. The first kappa shape index (κ1) is 11.7. The quantitative estimate of drug-likeness (QED) is 0.877. The molecule has 0 radical (unpaired) electrons. The molecule has 1 unspecified atom stereocenters. The van der Waals surface area contributed by atoms with E-state index in [9.17, 15) is 5.11 Å². The lowest BCUT2D eigenvalue weighted by Crippen LogP contribution is -2.06. The van der Waals surface area contributed by atoms with E-state index in [4.69, 9.17) is 9.47 Å². The standard InChI is InChI=1S/C10H11N3O3S/c1-15-7-4-12-8(10(13-7)16-2)9(14)6-3-11-5-17-6/h3-5,9,14H,1-2H3. The van der Waals surface area contributed by atoms with E-state index in [-0.39, 0.29) is 5.88 Å². The third-order valence-electron chi connectivity index (χ3n) is 2.13. The maximum absolute atomic E-state index is 10.1. The summed E-state index contributed by atoms with van der Waals surface area (Å²) in [6, 6.07) is 0. The lowest BCUT2D eigenvalue weighted by atomic mass is 10.2. The SMILES string of the molecule is COc1cnc(C(O)c2cncs2)c(OC)n1. The van der Waals surface area contributed by atoms with Gasteiger partial charge < -0.3 is 14.6 Å². The van der Waals surface area contributed by atoms with E-state index in [1.54, 1.807) is 11.7 Å². The molecule has 90 valence electrons. The number of nitrogens with zero attached hydrogens (tertiary/aromatic N) is 3. The highest BCUT2D eigenvalue weighted by molar-refractivity contribution is 7.09. The smallest absolute Gasteiger partial charge is 0.241 e. The van der Waals surface area contributed by atoms with Gasteiger partial charge in [0.05, 0.1) is 30.8 Å². The Morgan fingerprint density at radius 2 is 2.12 bits per heavy atom. The normalized spacial score (nSPS) is 12.2. The van der Waals surface area contributed by atoms with E-state index in [0.717, 1.165) is 0 Å². The zero-order valence-electron chi connectivity index (χ0n) is 9.32. The molecule has 0 saturated heterocycles. The molecule has 0 bridgehead atoms. The molecule has 0 aliphatic carbocycles. The number of methoxy groups -OCH3 is 2. The number of aliphatic hydroxyl groups excluding tert-OH is 1. The Kier molecular flexibility index (Phi) is 3.50. The van der Waals surface area contributed by atoms with E-state index in [1.807, 2.05) is 0 Å². The summed E-state index contributed by atoms with van der Waals surface area (Å²) in [5, 5.41) is 10.1. The van der Waals surface area contributed by atoms with Crippen LogP contribution in [0.1, 0.15) is 16.7 Å². The first-order valence-corrected chi connectivity index (χ1v) is 5.65. The van der Waals surface area contributed by atoms with Gasteiger partial charge in [-0.15, -0.1) is 11.3 Å². The average Bonchev–Trinajstić information content (AvgIpc) is 2.91. The fourth-order valence-electron chi connectivity index (χ4n) is 1.30. The summed E-state index contributed by atoms with van der Waals surface area (Å²) in [7, 11) is 2.95. The lowest BCUT2D eigenvalue weighted by Gasteiger charge is -2.11. The van der Waals surface area contributed by atoms with Gasteiger partial charge in [-0.2, -0.15) is 4.98 Å². The Labute approximate surface area is 102 Å². The van der Waals surface area contributed by atoms with Crippen LogP contribution in [0.4, 0.5) is 0 Å². The fourth-order valence-corrected chi connectivity index (χ4v) is 1.90. The number of aliphatic hydroxyl groups is 1. The zero-order chi connectivity index (χ0) is 12.3. The van der Waals surface area contributed by atoms with E-state index >= 15 is 0 Å². The molecule has 0 amide bonds. The van der Waals surface area contributed by atoms with Crippen molar-refractivity contribution < 1.29 is 14.6 Å². The topological polar surface area (TPSA) is 77.4 Å². The summed E-state index contributed by atoms with van der Waals surface area (Å²) in [6.07, 6.45) is 2.12. The summed E-state index contributed by atoms with van der Waals surface area (Å²) in [6.45, 7) is 0. The van der Waals surface area contributed by atoms with E-state index in [2.05, 4.69) is 15.0 Å². The second-order valence-corrected chi connectivity index (χ2v) is 4.03. The summed E-state index contributed by atoms with van der Waals surface area (Å²) >= 11 is 1.34. The summed E-state index contributed by atoms with van der Waals surface area (Å²) in [4.78, 5) is 12.7. The van der Waals surface area contributed by atoms with Gasteiger partial charge in [-0.25, -0.2) is 4.98 Å². The van der Waals surface area contributed by atoms with Gasteiger partial charge in [0.25, 0.3) is 0 Å². The summed E-state index contributed by atoms with van der Waals surface area (Å²) < 4.78 is 10.0. The first-order chi connectivity index (χ1) is 8.26. The Morgan fingerprint density at radius 3 is 2.71 bits per heavy atom. The van der Waals surface area contributed by atoms with Crippen LogP contribution in [0.3, 0.4) is 0 Å². The van der Waals surface area contributed by atoms with Crippen molar-refractivity contribution in [1.82, 2.24) is 15.0 Å². The fraction of sp³-hybridized carbons (Fsp3) is 0.300. The van der Waals surface area contributed by atoms with Gasteiger partial charge in [-0.05, 0) is 0 Å². The molecule has 2 aromatic heterocycles. The van der Waals surface area contributed by atoms with Crippen molar-refractivity contribution in [3.8, 4) is 11.8 Å². The van der Waals surface area contributed by atoms with Crippen molar-refractivity contribution in [3.05, 3.63) is 28.5 Å². The largest absolute Gasteiger partial charge is 0.480 e. The van der Waals surface area contributed by atoms with Crippen LogP contribution >= 0.6 is 11.3 Å². The molecule has 2 heterocycles. The molecular weight excluding hydrogens is 242 g/mol. The lowest BCUT2D eigenvalue weighted by molar-refractivity contribution is 0.210. The molecule has 0 aliphatic rings. The van der Waals surface area contributed by atoms with Gasteiger partial charge >= 0.3 is 0 Å². The van der Waals surface area contributed by atoms with Gasteiger partial charge in [0.1, 0.15) is 11.8 Å². The molecule has 1 N–H and O–H groups in total. The van der Waals surface area contributed by atoms with Crippen LogP contribution in [0.2, 0.25) is 0 Å². The van der Waals surface area contributed by atoms with Crippen molar-refractivity contribution in [2.45, 2.75) is 6.10 Å². The van der Waals surface area contributed by atoms with Crippen molar-refractivity contribution in [2.24, 2.45) is 0 Å². The molecule has 0 fully saturated rings. The van der Waals surface area contributed by atoms with E-state index in [1.165, 1.54) is 31.8 Å². The van der Waals surface area contributed by atoms with Crippen molar-refractivity contribution in [2.75, 3.05) is 14.2 Å². The predicted molar refractivity (Wildman–Crippen MR) is 61.3 cm³/mol. The van der Waals surface area contributed by atoms with Crippen molar-refractivity contribution in [3.63, 3.8) is 0 Å². The number of aromatic nitrogens is 3. The molecule has 0 aromatic carbocycles. The monoisotopic (exact) mass is 253 g/mol. The molecule has 0 saturated carbocycles. The minimum atomic E-state index is -0.893. The minimum Gasteiger partial charge on any atom is -0.480 e. The Hall–Kier alpha value is -1.73. The maximum Gasteiger partial charge on any atom is 0.241 e. The number of thiazole rings is 1. The number of hydrogen-bond donors (Lipinski definition) is 1. The number of hydrogen-bond acceptors (Lipinski definition) is 7. The highest BCUT2D eigenvalue weighted by Crippen LogP contribution is 2.29. The molecule has 2 rings (SSSR count). The van der Waals surface area contributed by atoms with E-state index < -0.39 is 6.10 Å². The molecule has 6 nitrogen and oxygen atoms in total. The predicted octanol–water partition coefficient (Wildman–Crippen LogP) is 1.03. The van der Waals surface area contributed by atoms with Crippen LogP contribution in [-0.2, 0) is 0 Å². The van der Waals surface area contributed by atoms with Gasteiger partial charge in [0, 0.05) is 6.20 Å². The van der Waals surface area contributed by atoms with Gasteiger partial charge in [0.2, 0.25) is 11.8 Å². The molecule has 0 spiro atoms. The van der Waals surface area contributed by atoms with Crippen LogP contribution in [0.15, 0.2) is 17.9 Å². The summed E-state index contributed by atoms with van der Waals surface area (Å²) in [5.74, 6) is 0.576. The van der Waals surface area contributed by atoms with Crippen LogP contribution in [-0.4, -0.2) is 34.3 Å². The third kappa shape index (κ3) is 2.34. The van der Waals surface area contributed by atoms with Gasteiger partial charge in [-0.1, -0.05) is 0 Å². The highest BCUT2D eigenvalue weighted by Gasteiger charge is 2.20.